The second kappa shape index (κ2) is 7.35. The van der Waals surface area contributed by atoms with E-state index < -0.39 is 0 Å². The highest BCUT2D eigenvalue weighted by atomic mass is 14.9. The standard InChI is InChI=1S/C11H23N/c1-10(2)8-6-5-7-9-12-11(3)4/h5,7,10-12H,6,8-9H2,1-4H3/b7-5+. The maximum atomic E-state index is 3.35. The predicted octanol–water partition coefficient (Wildman–Crippen LogP) is 2.98. The number of rotatable bonds is 6. The van der Waals surface area contributed by atoms with Gasteiger partial charge in [-0.05, 0) is 18.8 Å². The summed E-state index contributed by atoms with van der Waals surface area (Å²) in [6.45, 7) is 9.88. The van der Waals surface area contributed by atoms with Crippen molar-refractivity contribution in [2.24, 2.45) is 5.92 Å². The van der Waals surface area contributed by atoms with Crippen molar-refractivity contribution in [1.29, 1.82) is 0 Å². The molecular weight excluding hydrogens is 146 g/mol. The molecule has 0 saturated carbocycles. The van der Waals surface area contributed by atoms with Gasteiger partial charge in [0.2, 0.25) is 0 Å². The van der Waals surface area contributed by atoms with E-state index in [2.05, 4.69) is 45.2 Å². The average molecular weight is 169 g/mol. The van der Waals surface area contributed by atoms with Gasteiger partial charge in [0.1, 0.15) is 0 Å². The third-order valence-electron chi connectivity index (χ3n) is 1.72. The molecule has 72 valence electrons. The molecule has 0 aromatic heterocycles. The van der Waals surface area contributed by atoms with E-state index in [-0.39, 0.29) is 0 Å². The van der Waals surface area contributed by atoms with E-state index in [9.17, 15) is 0 Å². The highest BCUT2D eigenvalue weighted by Crippen LogP contribution is 2.03. The van der Waals surface area contributed by atoms with E-state index in [1.165, 1.54) is 12.8 Å². The molecule has 0 aliphatic carbocycles. The van der Waals surface area contributed by atoms with E-state index in [0.29, 0.717) is 6.04 Å². The second-order valence-electron chi connectivity index (χ2n) is 4.01. The molecule has 12 heavy (non-hydrogen) atoms. The minimum absolute atomic E-state index is 0.597. The second-order valence-corrected chi connectivity index (χ2v) is 4.01. The van der Waals surface area contributed by atoms with Crippen LogP contribution in [-0.2, 0) is 0 Å². The summed E-state index contributed by atoms with van der Waals surface area (Å²) in [7, 11) is 0. The summed E-state index contributed by atoms with van der Waals surface area (Å²) in [5, 5.41) is 3.35. The highest BCUT2D eigenvalue weighted by molar-refractivity contribution is 4.84. The lowest BCUT2D eigenvalue weighted by Gasteiger charge is -2.03. The molecule has 0 aliphatic heterocycles. The quantitative estimate of drug-likeness (QED) is 0.603. The summed E-state index contributed by atoms with van der Waals surface area (Å²) in [4.78, 5) is 0. The zero-order chi connectivity index (χ0) is 9.40. The number of nitrogens with one attached hydrogen (secondary N) is 1. The van der Waals surface area contributed by atoms with Crippen molar-refractivity contribution in [3.8, 4) is 0 Å². The van der Waals surface area contributed by atoms with Crippen molar-refractivity contribution in [1.82, 2.24) is 5.32 Å². The fraction of sp³-hybridized carbons (Fsp3) is 0.818. The first kappa shape index (κ1) is 11.7. The number of allylic oxidation sites excluding steroid dienone is 1. The van der Waals surface area contributed by atoms with Gasteiger partial charge in [0.25, 0.3) is 0 Å². The van der Waals surface area contributed by atoms with E-state index in [1.807, 2.05) is 0 Å². The minimum Gasteiger partial charge on any atom is -0.311 e. The Morgan fingerprint density at radius 2 is 1.75 bits per heavy atom. The first-order valence-corrected chi connectivity index (χ1v) is 5.01. The molecule has 1 N–H and O–H groups in total. The van der Waals surface area contributed by atoms with E-state index in [0.717, 1.165) is 12.5 Å². The van der Waals surface area contributed by atoms with Gasteiger partial charge in [0, 0.05) is 12.6 Å². The summed E-state index contributed by atoms with van der Waals surface area (Å²) in [5.74, 6) is 0.827. The SMILES string of the molecule is CC(C)CC/C=C/CNC(C)C. The first-order valence-electron chi connectivity index (χ1n) is 5.01. The lowest BCUT2D eigenvalue weighted by molar-refractivity contribution is 0.592. The van der Waals surface area contributed by atoms with Crippen LogP contribution in [0.5, 0.6) is 0 Å². The molecule has 0 saturated heterocycles. The van der Waals surface area contributed by atoms with Crippen molar-refractivity contribution in [3.05, 3.63) is 12.2 Å². The summed E-state index contributed by atoms with van der Waals surface area (Å²) >= 11 is 0. The molecule has 0 fully saturated rings. The number of hydrogen-bond acceptors (Lipinski definition) is 1. The Kier molecular flexibility index (Phi) is 7.17. The summed E-state index contributed by atoms with van der Waals surface area (Å²) in [5.41, 5.74) is 0. The van der Waals surface area contributed by atoms with Gasteiger partial charge in [-0.15, -0.1) is 0 Å². The zero-order valence-electron chi connectivity index (χ0n) is 8.93. The molecule has 0 atom stereocenters. The Bertz CT molecular complexity index is 100. The van der Waals surface area contributed by atoms with Gasteiger partial charge >= 0.3 is 0 Å². The fourth-order valence-electron chi connectivity index (χ4n) is 0.934. The molecule has 0 unspecified atom stereocenters. The third-order valence-corrected chi connectivity index (χ3v) is 1.72. The fourth-order valence-corrected chi connectivity index (χ4v) is 0.934. The smallest absolute Gasteiger partial charge is 0.0137 e. The monoisotopic (exact) mass is 169 g/mol. The van der Waals surface area contributed by atoms with Crippen molar-refractivity contribution in [2.45, 2.75) is 46.6 Å². The molecule has 0 aromatic carbocycles. The van der Waals surface area contributed by atoms with Crippen LogP contribution in [0.15, 0.2) is 12.2 Å². The van der Waals surface area contributed by atoms with E-state index in [1.54, 1.807) is 0 Å². The van der Waals surface area contributed by atoms with E-state index >= 15 is 0 Å². The van der Waals surface area contributed by atoms with Gasteiger partial charge in [-0.25, -0.2) is 0 Å². The Hall–Kier alpha value is -0.300. The zero-order valence-corrected chi connectivity index (χ0v) is 8.93. The van der Waals surface area contributed by atoms with Crippen LogP contribution in [-0.4, -0.2) is 12.6 Å². The van der Waals surface area contributed by atoms with Crippen LogP contribution in [0.3, 0.4) is 0 Å². The first-order chi connectivity index (χ1) is 5.63. The van der Waals surface area contributed by atoms with Crippen LogP contribution in [0.4, 0.5) is 0 Å². The van der Waals surface area contributed by atoms with Crippen molar-refractivity contribution in [2.75, 3.05) is 6.54 Å². The third kappa shape index (κ3) is 9.70. The molecule has 0 amide bonds. The molecule has 1 heteroatoms. The highest BCUT2D eigenvalue weighted by Gasteiger charge is 1.89. The molecule has 0 heterocycles. The topological polar surface area (TPSA) is 12.0 Å². The Labute approximate surface area is 77.2 Å². The van der Waals surface area contributed by atoms with Crippen molar-refractivity contribution in [3.63, 3.8) is 0 Å². The summed E-state index contributed by atoms with van der Waals surface area (Å²) < 4.78 is 0. The van der Waals surface area contributed by atoms with Gasteiger partial charge in [0.05, 0.1) is 0 Å². The largest absolute Gasteiger partial charge is 0.311 e. The predicted molar refractivity (Wildman–Crippen MR) is 56.4 cm³/mol. The van der Waals surface area contributed by atoms with Crippen LogP contribution < -0.4 is 5.32 Å². The van der Waals surface area contributed by atoms with Gasteiger partial charge in [-0.1, -0.05) is 39.8 Å². The van der Waals surface area contributed by atoms with Gasteiger partial charge < -0.3 is 5.32 Å². The molecule has 0 radical (unpaired) electrons. The average Bonchev–Trinajstić information content (AvgIpc) is 1.95. The molecule has 0 bridgehead atoms. The Balaban J connectivity index is 3.15. The Morgan fingerprint density at radius 3 is 2.25 bits per heavy atom. The van der Waals surface area contributed by atoms with Crippen LogP contribution in [0.2, 0.25) is 0 Å². The lowest BCUT2D eigenvalue weighted by atomic mass is 10.1. The van der Waals surface area contributed by atoms with Gasteiger partial charge in [0.15, 0.2) is 0 Å². The lowest BCUT2D eigenvalue weighted by Crippen LogP contribution is -2.22. The summed E-state index contributed by atoms with van der Waals surface area (Å²) in [6.07, 6.45) is 7.02. The minimum atomic E-state index is 0.597. The summed E-state index contributed by atoms with van der Waals surface area (Å²) in [6, 6.07) is 0.597. The normalized spacial score (nSPS) is 12.2. The van der Waals surface area contributed by atoms with Crippen molar-refractivity contribution >= 4 is 0 Å². The maximum absolute atomic E-state index is 3.35. The molecule has 0 aromatic rings. The van der Waals surface area contributed by atoms with Crippen LogP contribution in [0.1, 0.15) is 40.5 Å². The molecule has 1 nitrogen and oxygen atoms in total. The van der Waals surface area contributed by atoms with Crippen LogP contribution in [0.25, 0.3) is 0 Å². The van der Waals surface area contributed by atoms with Crippen LogP contribution in [0, 0.1) is 5.92 Å². The van der Waals surface area contributed by atoms with Gasteiger partial charge in [-0.3, -0.25) is 0 Å². The van der Waals surface area contributed by atoms with Crippen LogP contribution >= 0.6 is 0 Å². The maximum Gasteiger partial charge on any atom is 0.0137 e. The number of hydrogen-bond donors (Lipinski definition) is 1. The molecule has 0 spiro atoms. The molecular formula is C11H23N. The molecule has 0 rings (SSSR count). The van der Waals surface area contributed by atoms with E-state index in [4.69, 9.17) is 0 Å². The van der Waals surface area contributed by atoms with Gasteiger partial charge in [-0.2, -0.15) is 0 Å². The Morgan fingerprint density at radius 1 is 1.08 bits per heavy atom. The molecule has 0 aliphatic rings. The van der Waals surface area contributed by atoms with Crippen molar-refractivity contribution < 1.29 is 0 Å².